The summed E-state index contributed by atoms with van der Waals surface area (Å²) in [5.74, 6) is -2.28. The van der Waals surface area contributed by atoms with Crippen LogP contribution in [-0.4, -0.2) is 76.6 Å². The monoisotopic (exact) mass is 598 g/mol. The van der Waals surface area contributed by atoms with E-state index in [2.05, 4.69) is 16.0 Å². The number of amides is 4. The van der Waals surface area contributed by atoms with Crippen molar-refractivity contribution in [2.24, 2.45) is 5.92 Å². The van der Waals surface area contributed by atoms with Gasteiger partial charge in [0.1, 0.15) is 23.7 Å². The Morgan fingerprint density at radius 3 is 2.37 bits per heavy atom. The van der Waals surface area contributed by atoms with E-state index in [0.29, 0.717) is 38.6 Å². The molecule has 0 bridgehead atoms. The number of carbonyl (C=O) groups is 6. The molecule has 2 aliphatic heterocycles. The van der Waals surface area contributed by atoms with E-state index in [1.165, 1.54) is 13.8 Å². The fourth-order valence-electron chi connectivity index (χ4n) is 5.65. The lowest BCUT2D eigenvalue weighted by Gasteiger charge is -2.36. The zero-order valence-corrected chi connectivity index (χ0v) is 25.9. The van der Waals surface area contributed by atoms with Gasteiger partial charge in [0.2, 0.25) is 23.6 Å². The molecule has 0 radical (unpaired) electrons. The van der Waals surface area contributed by atoms with Crippen LogP contribution in [0.3, 0.4) is 0 Å². The number of fused-ring (bicyclic) bond motifs is 1. The summed E-state index contributed by atoms with van der Waals surface area (Å²) < 4.78 is 4.93. The van der Waals surface area contributed by atoms with Crippen LogP contribution >= 0.6 is 0 Å². The molecule has 2 aliphatic rings. The van der Waals surface area contributed by atoms with Gasteiger partial charge in [-0.25, -0.2) is 0 Å². The van der Waals surface area contributed by atoms with E-state index >= 15 is 0 Å². The second-order valence-corrected chi connectivity index (χ2v) is 12.1. The Morgan fingerprint density at radius 1 is 1.02 bits per heavy atom. The van der Waals surface area contributed by atoms with Crippen molar-refractivity contribution in [2.75, 3.05) is 6.54 Å². The Hall–Kier alpha value is -3.76. The van der Waals surface area contributed by atoms with E-state index in [-0.39, 0.29) is 36.9 Å². The fraction of sp³-hybridized carbons (Fsp3) is 0.625. The SMILES string of the molecule is CC[C@]1(C)NC(=O)[C@H](CCCCCC(=O)[C@@H](C)OC(C)=O)NC(=O)[C@H]2C[C@H](C)CN2C(=O)[C@H](Cc2ccccc2)NC1=O. The van der Waals surface area contributed by atoms with Gasteiger partial charge in [-0.3, -0.25) is 28.8 Å². The fourth-order valence-corrected chi connectivity index (χ4v) is 5.65. The van der Waals surface area contributed by atoms with E-state index in [1.54, 1.807) is 18.7 Å². The molecule has 236 valence electrons. The smallest absolute Gasteiger partial charge is 0.303 e. The molecule has 0 aromatic heterocycles. The molecule has 1 aromatic rings. The molecular formula is C32H46N4O7. The maximum Gasteiger partial charge on any atom is 0.303 e. The van der Waals surface area contributed by atoms with Gasteiger partial charge in [0.05, 0.1) is 0 Å². The van der Waals surface area contributed by atoms with Crippen LogP contribution in [0.4, 0.5) is 0 Å². The predicted octanol–water partition coefficient (Wildman–Crippen LogP) is 2.21. The van der Waals surface area contributed by atoms with Crippen LogP contribution in [-0.2, 0) is 39.9 Å². The summed E-state index contributed by atoms with van der Waals surface area (Å²) in [5.41, 5.74) is -0.447. The van der Waals surface area contributed by atoms with Crippen LogP contribution in [0.15, 0.2) is 30.3 Å². The molecule has 3 rings (SSSR count). The van der Waals surface area contributed by atoms with Crippen molar-refractivity contribution in [1.82, 2.24) is 20.9 Å². The molecule has 4 amide bonds. The van der Waals surface area contributed by atoms with Gasteiger partial charge >= 0.3 is 5.97 Å². The Balaban J connectivity index is 1.78. The summed E-state index contributed by atoms with van der Waals surface area (Å²) in [5, 5.41) is 8.63. The third kappa shape index (κ3) is 9.11. The van der Waals surface area contributed by atoms with E-state index in [1.807, 2.05) is 37.3 Å². The van der Waals surface area contributed by atoms with Crippen molar-refractivity contribution in [3.05, 3.63) is 35.9 Å². The number of benzene rings is 1. The largest absolute Gasteiger partial charge is 0.455 e. The maximum atomic E-state index is 13.9. The Morgan fingerprint density at radius 2 is 1.72 bits per heavy atom. The number of hydrogen-bond donors (Lipinski definition) is 3. The van der Waals surface area contributed by atoms with Crippen molar-refractivity contribution < 1.29 is 33.5 Å². The van der Waals surface area contributed by atoms with Gasteiger partial charge in [0.15, 0.2) is 11.9 Å². The summed E-state index contributed by atoms with van der Waals surface area (Å²) in [6, 6.07) is 6.79. The van der Waals surface area contributed by atoms with Crippen molar-refractivity contribution in [3.8, 4) is 0 Å². The Kier molecular flexibility index (Phi) is 11.9. The number of esters is 1. The molecule has 3 N–H and O–H groups in total. The Labute approximate surface area is 253 Å². The number of carbonyl (C=O) groups excluding carboxylic acids is 6. The van der Waals surface area contributed by atoms with E-state index in [0.717, 1.165) is 5.56 Å². The van der Waals surface area contributed by atoms with Gasteiger partial charge in [-0.15, -0.1) is 0 Å². The van der Waals surface area contributed by atoms with Crippen LogP contribution in [0, 0.1) is 5.92 Å². The molecule has 0 aliphatic carbocycles. The number of nitrogens with zero attached hydrogens (tertiary/aromatic N) is 1. The molecule has 43 heavy (non-hydrogen) atoms. The lowest BCUT2D eigenvalue weighted by atomic mass is 9.94. The zero-order valence-electron chi connectivity index (χ0n) is 25.9. The van der Waals surface area contributed by atoms with E-state index in [4.69, 9.17) is 4.74 Å². The minimum absolute atomic E-state index is 0.0676. The number of rotatable bonds is 11. The summed E-state index contributed by atoms with van der Waals surface area (Å²) >= 11 is 0. The molecule has 11 heteroatoms. The molecule has 2 heterocycles. The van der Waals surface area contributed by atoms with Crippen LogP contribution in [0.1, 0.15) is 85.1 Å². The molecule has 2 fully saturated rings. The van der Waals surface area contributed by atoms with E-state index in [9.17, 15) is 28.8 Å². The first-order chi connectivity index (χ1) is 20.3. The number of Topliss-reactive ketones (excluding diaryl/α,β-unsaturated/α-hetero) is 1. The lowest BCUT2D eigenvalue weighted by Crippen LogP contribution is -2.65. The number of ketones is 1. The highest BCUT2D eigenvalue weighted by Crippen LogP contribution is 2.26. The number of ether oxygens (including phenoxy) is 1. The summed E-state index contributed by atoms with van der Waals surface area (Å²) in [7, 11) is 0. The average molecular weight is 599 g/mol. The molecule has 2 saturated heterocycles. The van der Waals surface area contributed by atoms with Crippen molar-refractivity contribution in [2.45, 2.75) is 116 Å². The minimum atomic E-state index is -1.31. The van der Waals surface area contributed by atoms with Crippen molar-refractivity contribution in [3.63, 3.8) is 0 Å². The number of unbranched alkanes of at least 4 members (excludes halogenated alkanes) is 2. The molecule has 0 unspecified atom stereocenters. The van der Waals surface area contributed by atoms with Crippen molar-refractivity contribution >= 4 is 35.4 Å². The van der Waals surface area contributed by atoms with Crippen LogP contribution in [0.2, 0.25) is 0 Å². The predicted molar refractivity (Wildman–Crippen MR) is 159 cm³/mol. The molecular weight excluding hydrogens is 552 g/mol. The van der Waals surface area contributed by atoms with Gasteiger partial charge in [-0.2, -0.15) is 0 Å². The average Bonchev–Trinajstić information content (AvgIpc) is 3.36. The van der Waals surface area contributed by atoms with Gasteiger partial charge in [0, 0.05) is 26.3 Å². The normalized spacial score (nSPS) is 27.1. The first kappa shape index (κ1) is 33.7. The molecule has 1 aromatic carbocycles. The van der Waals surface area contributed by atoms with E-state index < -0.39 is 53.5 Å². The molecule has 11 nitrogen and oxygen atoms in total. The summed E-state index contributed by atoms with van der Waals surface area (Å²) in [6.07, 6.45) is 2.36. The first-order valence-corrected chi connectivity index (χ1v) is 15.3. The standard InChI is InChI=1S/C32H46N4O7/c1-6-32(5)31(42)34-25(18-23-13-9-7-10-14-23)30(41)36-19-20(2)17-26(36)29(40)33-24(28(39)35-32)15-11-8-12-16-27(38)21(3)43-22(4)37/h7,9-10,13-14,20-21,24-26H,6,8,11-12,15-19H2,1-5H3,(H,33,40)(H,34,42)(H,35,39)/t20-,21+,24-,25-,26+,32-/m0/s1. The zero-order chi connectivity index (χ0) is 31.7. The Bertz CT molecular complexity index is 1190. The highest BCUT2D eigenvalue weighted by molar-refractivity contribution is 5.99. The summed E-state index contributed by atoms with van der Waals surface area (Å²) in [4.78, 5) is 79.6. The van der Waals surface area contributed by atoms with Crippen LogP contribution in [0.5, 0.6) is 0 Å². The van der Waals surface area contributed by atoms with Gasteiger partial charge < -0.3 is 25.6 Å². The molecule has 0 spiro atoms. The molecule has 6 atom stereocenters. The van der Waals surface area contributed by atoms with Crippen LogP contribution in [0.25, 0.3) is 0 Å². The van der Waals surface area contributed by atoms with Crippen molar-refractivity contribution in [1.29, 1.82) is 0 Å². The van der Waals surface area contributed by atoms with Gasteiger partial charge in [-0.1, -0.05) is 57.0 Å². The second-order valence-electron chi connectivity index (χ2n) is 12.1. The van der Waals surface area contributed by atoms with Gasteiger partial charge in [0.25, 0.3) is 0 Å². The minimum Gasteiger partial charge on any atom is -0.455 e. The number of nitrogens with one attached hydrogen (secondary N) is 3. The van der Waals surface area contributed by atoms with Crippen LogP contribution < -0.4 is 16.0 Å². The topological polar surface area (TPSA) is 151 Å². The van der Waals surface area contributed by atoms with Gasteiger partial charge in [-0.05, 0) is 51.0 Å². The highest BCUT2D eigenvalue weighted by Gasteiger charge is 2.44. The number of hydrogen-bond acceptors (Lipinski definition) is 7. The quantitative estimate of drug-likeness (QED) is 0.261. The molecule has 0 saturated carbocycles. The first-order valence-electron chi connectivity index (χ1n) is 15.3. The lowest BCUT2D eigenvalue weighted by molar-refractivity contribution is -0.151. The maximum absolute atomic E-state index is 13.9. The second kappa shape index (κ2) is 15.1. The third-order valence-corrected chi connectivity index (χ3v) is 8.43. The highest BCUT2D eigenvalue weighted by atomic mass is 16.5. The third-order valence-electron chi connectivity index (χ3n) is 8.43. The summed E-state index contributed by atoms with van der Waals surface area (Å²) in [6.45, 7) is 8.53.